The fourth-order valence-electron chi connectivity index (χ4n) is 5.92. The fraction of sp³-hybridized carbons (Fsp3) is 0.500. The van der Waals surface area contributed by atoms with Crippen molar-refractivity contribution in [1.82, 2.24) is 0 Å². The van der Waals surface area contributed by atoms with Crippen LogP contribution in [0, 0.1) is 23.7 Å². The summed E-state index contributed by atoms with van der Waals surface area (Å²) < 4.78 is 21.4. The minimum absolute atomic E-state index is 0.110. The van der Waals surface area contributed by atoms with E-state index in [1.807, 2.05) is 0 Å². The van der Waals surface area contributed by atoms with E-state index in [4.69, 9.17) is 88.6 Å². The van der Waals surface area contributed by atoms with Crippen molar-refractivity contribution in [2.45, 2.75) is 65.2 Å². The number of esters is 4. The van der Waals surface area contributed by atoms with Gasteiger partial charge in [0.05, 0.1) is 43.3 Å². The summed E-state index contributed by atoms with van der Waals surface area (Å²) >= 11 is 37.4. The van der Waals surface area contributed by atoms with Gasteiger partial charge in [-0.2, -0.15) is 0 Å². The molecule has 4 unspecified atom stereocenters. The molecule has 0 amide bonds. The number of carbonyl (C=O) groups is 4. The Bertz CT molecular complexity index is 1400. The monoisotopic (exact) mass is 754 g/mol. The first kappa shape index (κ1) is 36.9. The fourth-order valence-corrected chi connectivity index (χ4v) is 7.36. The molecule has 2 aromatic carbocycles. The van der Waals surface area contributed by atoms with Crippen LogP contribution in [-0.2, 0) is 19.1 Å². The largest absolute Gasteiger partial charge is 0.462 e. The molecule has 2 fully saturated rings. The van der Waals surface area contributed by atoms with E-state index in [9.17, 15) is 19.2 Å². The Morgan fingerprint density at radius 3 is 1.26 bits per heavy atom. The Morgan fingerprint density at radius 2 is 0.935 bits per heavy atom. The molecule has 14 heteroatoms. The Labute approximate surface area is 297 Å². The maximum absolute atomic E-state index is 13.1. The normalized spacial score (nSPS) is 20.8. The predicted octanol–water partition coefficient (Wildman–Crippen LogP) is 10.1. The minimum Gasteiger partial charge on any atom is -0.462 e. The van der Waals surface area contributed by atoms with Gasteiger partial charge in [0, 0.05) is 0 Å². The van der Waals surface area contributed by atoms with E-state index in [1.54, 1.807) is 0 Å². The summed E-state index contributed by atoms with van der Waals surface area (Å²) in [5, 5.41) is -1.42. The highest BCUT2D eigenvalue weighted by molar-refractivity contribution is 6.47. The lowest BCUT2D eigenvalue weighted by Crippen LogP contribution is -2.27. The lowest BCUT2D eigenvalue weighted by Gasteiger charge is -2.17. The molecule has 2 aromatic rings. The average Bonchev–Trinajstić information content (AvgIpc) is 3.69. The number of ether oxygens (including phenoxy) is 4. The maximum atomic E-state index is 13.1. The van der Waals surface area contributed by atoms with E-state index < -0.39 is 46.5 Å². The van der Waals surface area contributed by atoms with Gasteiger partial charge in [-0.1, -0.05) is 109 Å². The Morgan fingerprint density at radius 1 is 0.587 bits per heavy atom. The van der Waals surface area contributed by atoms with Crippen molar-refractivity contribution < 1.29 is 38.1 Å². The summed E-state index contributed by atoms with van der Waals surface area (Å²) in [6.45, 7) is 4.44. The molecule has 0 heterocycles. The standard InChI is InChI=1S/C32H32Cl6O8/c1-3-15-5-7-17(9-15)13-43-29(39)23-25(37)19(33)11-21(35)27(23)45-31(41)32(42)46-28-22(36)12-20(34)26(38)24(28)30(40)44-14-18-8-6-16(4-2)10-18/h11-12,15-18H,3-10,13-14H2,1-2H3. The molecular weight excluding hydrogens is 725 g/mol. The molecule has 8 nitrogen and oxygen atoms in total. The van der Waals surface area contributed by atoms with Crippen LogP contribution in [0.25, 0.3) is 0 Å². The second-order valence-electron chi connectivity index (χ2n) is 11.6. The van der Waals surface area contributed by atoms with Gasteiger partial charge >= 0.3 is 23.9 Å². The molecule has 0 aliphatic heterocycles. The van der Waals surface area contributed by atoms with E-state index in [1.165, 1.54) is 0 Å². The summed E-state index contributed by atoms with van der Waals surface area (Å²) in [7, 11) is 0. The zero-order valence-electron chi connectivity index (χ0n) is 25.1. The van der Waals surface area contributed by atoms with E-state index in [0.29, 0.717) is 11.8 Å². The highest BCUT2D eigenvalue weighted by Crippen LogP contribution is 2.42. The van der Waals surface area contributed by atoms with Crippen molar-refractivity contribution in [1.29, 1.82) is 0 Å². The zero-order chi connectivity index (χ0) is 33.7. The zero-order valence-corrected chi connectivity index (χ0v) is 29.6. The van der Waals surface area contributed by atoms with Crippen LogP contribution >= 0.6 is 69.6 Å². The summed E-state index contributed by atoms with van der Waals surface area (Å²) in [5.41, 5.74) is -0.890. The van der Waals surface area contributed by atoms with Crippen LogP contribution in [0.15, 0.2) is 12.1 Å². The molecule has 0 N–H and O–H groups in total. The third-order valence-corrected chi connectivity index (χ3v) is 10.7. The minimum atomic E-state index is -1.63. The lowest BCUT2D eigenvalue weighted by molar-refractivity contribution is -0.156. The summed E-state index contributed by atoms with van der Waals surface area (Å²) in [4.78, 5) is 52.2. The van der Waals surface area contributed by atoms with Gasteiger partial charge in [0.15, 0.2) is 11.5 Å². The molecule has 0 radical (unpaired) electrons. The number of hydrogen-bond donors (Lipinski definition) is 0. The molecule has 2 aliphatic rings. The Kier molecular flexibility index (Phi) is 13.2. The third-order valence-electron chi connectivity index (χ3n) is 8.57. The molecule has 250 valence electrons. The first-order valence-corrected chi connectivity index (χ1v) is 17.2. The molecule has 4 atom stereocenters. The molecule has 4 rings (SSSR count). The van der Waals surface area contributed by atoms with Crippen LogP contribution in [0.3, 0.4) is 0 Å². The van der Waals surface area contributed by atoms with Crippen LogP contribution < -0.4 is 9.47 Å². The van der Waals surface area contributed by atoms with Gasteiger partial charge in [0.2, 0.25) is 0 Å². The molecule has 0 bridgehead atoms. The summed E-state index contributed by atoms with van der Waals surface area (Å²) in [5.74, 6) is -4.86. The Balaban J connectivity index is 1.51. The number of halogens is 6. The molecule has 2 aliphatic carbocycles. The van der Waals surface area contributed by atoms with Gasteiger partial charge in [-0.15, -0.1) is 0 Å². The molecule has 46 heavy (non-hydrogen) atoms. The van der Waals surface area contributed by atoms with Gasteiger partial charge in [-0.3, -0.25) is 0 Å². The van der Waals surface area contributed by atoms with E-state index in [-0.39, 0.29) is 55.2 Å². The van der Waals surface area contributed by atoms with Crippen molar-refractivity contribution in [2.24, 2.45) is 23.7 Å². The van der Waals surface area contributed by atoms with Crippen molar-refractivity contribution in [3.05, 3.63) is 53.4 Å². The van der Waals surface area contributed by atoms with Gasteiger partial charge in [0.1, 0.15) is 11.1 Å². The molecule has 0 aromatic heterocycles. The smallest absolute Gasteiger partial charge is 0.423 e. The van der Waals surface area contributed by atoms with Gasteiger partial charge in [0.25, 0.3) is 0 Å². The Hall–Kier alpha value is -1.94. The topological polar surface area (TPSA) is 105 Å². The molecule has 0 spiro atoms. The second-order valence-corrected chi connectivity index (χ2v) is 14.0. The molecule has 2 saturated carbocycles. The van der Waals surface area contributed by atoms with Crippen molar-refractivity contribution in [3.63, 3.8) is 0 Å². The highest BCUT2D eigenvalue weighted by Gasteiger charge is 2.33. The number of rotatable bonds is 10. The van der Waals surface area contributed by atoms with Crippen LogP contribution in [0.5, 0.6) is 11.5 Å². The second kappa shape index (κ2) is 16.4. The lowest BCUT2D eigenvalue weighted by atomic mass is 10.0. The van der Waals surface area contributed by atoms with E-state index in [0.717, 1.165) is 63.5 Å². The number of carbonyl (C=O) groups excluding carboxylic acids is 4. The van der Waals surface area contributed by atoms with E-state index in [2.05, 4.69) is 13.8 Å². The summed E-state index contributed by atoms with van der Waals surface area (Å²) in [6.07, 6.45) is 7.76. The third kappa shape index (κ3) is 8.74. The first-order chi connectivity index (χ1) is 21.8. The van der Waals surface area contributed by atoms with Crippen molar-refractivity contribution in [2.75, 3.05) is 13.2 Å². The quantitative estimate of drug-likeness (QED) is 0.102. The molecular formula is C32H32Cl6O8. The number of hydrogen-bond acceptors (Lipinski definition) is 8. The van der Waals surface area contributed by atoms with Gasteiger partial charge < -0.3 is 18.9 Å². The SMILES string of the molecule is CCC1CCC(COC(=O)c2c(Cl)c(Cl)cc(Cl)c2OC(=O)C(=O)Oc2c(Cl)cc(Cl)c(Cl)c2C(=O)OCC2CCC(CC)C2)C1. The average molecular weight is 757 g/mol. The van der Waals surface area contributed by atoms with Crippen LogP contribution in [-0.4, -0.2) is 37.1 Å². The van der Waals surface area contributed by atoms with Crippen LogP contribution in [0.2, 0.25) is 30.1 Å². The van der Waals surface area contributed by atoms with Gasteiger partial charge in [-0.05, 0) is 61.5 Å². The van der Waals surface area contributed by atoms with Crippen molar-refractivity contribution in [3.8, 4) is 11.5 Å². The highest BCUT2D eigenvalue weighted by atomic mass is 35.5. The maximum Gasteiger partial charge on any atom is 0.423 e. The number of benzene rings is 2. The van der Waals surface area contributed by atoms with Crippen molar-refractivity contribution >= 4 is 93.5 Å². The van der Waals surface area contributed by atoms with Gasteiger partial charge in [-0.25, -0.2) is 19.2 Å². The molecule has 0 saturated heterocycles. The van der Waals surface area contributed by atoms with Crippen LogP contribution in [0.1, 0.15) is 85.9 Å². The van der Waals surface area contributed by atoms with E-state index >= 15 is 0 Å². The van der Waals surface area contributed by atoms with Crippen LogP contribution in [0.4, 0.5) is 0 Å². The first-order valence-electron chi connectivity index (χ1n) is 15.0. The summed E-state index contributed by atoms with van der Waals surface area (Å²) in [6, 6.07) is 2.27. The predicted molar refractivity (Wildman–Crippen MR) is 177 cm³/mol.